The average molecular weight is 560 g/mol. The Labute approximate surface area is 214 Å². The molecule has 2 N–H and O–H groups in total. The number of hydrogen-bond donors (Lipinski definition) is 2. The Hall–Kier alpha value is -2.74. The van der Waals surface area contributed by atoms with Gasteiger partial charge < -0.3 is 14.8 Å². The number of benzene rings is 2. The number of nitrogens with one attached hydrogen (secondary N) is 2. The lowest BCUT2D eigenvalue weighted by molar-refractivity contribution is -0.120. The van der Waals surface area contributed by atoms with Crippen molar-refractivity contribution < 1.29 is 30.8 Å². The van der Waals surface area contributed by atoms with Gasteiger partial charge in [-0.1, -0.05) is 17.7 Å². The van der Waals surface area contributed by atoms with E-state index in [1.165, 1.54) is 16.9 Å². The molecule has 0 atom stereocenters. The van der Waals surface area contributed by atoms with Crippen molar-refractivity contribution in [2.45, 2.75) is 36.9 Å². The van der Waals surface area contributed by atoms with E-state index in [9.17, 15) is 30.8 Å². The first kappa shape index (κ1) is 25.9. The Morgan fingerprint density at radius 1 is 1.08 bits per heavy atom. The molecule has 0 radical (unpaired) electrons. The van der Waals surface area contributed by atoms with Crippen LogP contribution in [0.25, 0.3) is 11.0 Å². The van der Waals surface area contributed by atoms with E-state index in [0.29, 0.717) is 41.4 Å². The fraction of sp³-hybridized carbons (Fsp3) is 0.391. The van der Waals surface area contributed by atoms with Gasteiger partial charge in [-0.15, -0.1) is 0 Å². The first-order chi connectivity index (χ1) is 17.4. The first-order valence-corrected chi connectivity index (χ1v) is 13.3. The van der Waals surface area contributed by atoms with E-state index in [0.717, 1.165) is 11.1 Å². The molecule has 1 spiro atoms. The highest BCUT2D eigenvalue weighted by atomic mass is 35.5. The van der Waals surface area contributed by atoms with Crippen LogP contribution in [-0.2, 0) is 33.3 Å². The van der Waals surface area contributed by atoms with Crippen LogP contribution in [0, 0.1) is 5.82 Å². The number of amides is 1. The summed E-state index contributed by atoms with van der Waals surface area (Å²) in [6, 6.07) is 9.51. The van der Waals surface area contributed by atoms with Crippen molar-refractivity contribution >= 4 is 44.3 Å². The van der Waals surface area contributed by atoms with Gasteiger partial charge in [0.25, 0.3) is 0 Å². The minimum Gasteiger partial charge on any atom is -0.325 e. The number of carbonyl (C=O) groups is 1. The van der Waals surface area contributed by atoms with Crippen LogP contribution in [0.15, 0.2) is 36.4 Å². The van der Waals surface area contributed by atoms with Gasteiger partial charge in [-0.25, -0.2) is 22.5 Å². The lowest BCUT2D eigenvalue weighted by Gasteiger charge is -2.19. The molecule has 14 heteroatoms. The molecular formula is C23H22ClF4N5O3S. The number of hydrogen-bond acceptors (Lipinski definition) is 5. The van der Waals surface area contributed by atoms with Crippen molar-refractivity contribution in [2.75, 3.05) is 24.5 Å². The van der Waals surface area contributed by atoms with Crippen LogP contribution < -0.4 is 14.9 Å². The fourth-order valence-corrected chi connectivity index (χ4v) is 5.42. The third kappa shape index (κ3) is 4.69. The zero-order valence-corrected chi connectivity index (χ0v) is 20.9. The molecule has 2 aromatic carbocycles. The molecule has 1 amide bonds. The van der Waals surface area contributed by atoms with Crippen molar-refractivity contribution in [3.8, 4) is 0 Å². The minimum absolute atomic E-state index is 0.0388. The van der Waals surface area contributed by atoms with Crippen LogP contribution in [0.2, 0.25) is 5.02 Å². The summed E-state index contributed by atoms with van der Waals surface area (Å²) in [5.74, 6) is -0.0159. The van der Waals surface area contributed by atoms with Crippen molar-refractivity contribution in [2.24, 2.45) is 0 Å². The van der Waals surface area contributed by atoms with Crippen molar-refractivity contribution in [1.29, 1.82) is 0 Å². The third-order valence-electron chi connectivity index (χ3n) is 6.67. The summed E-state index contributed by atoms with van der Waals surface area (Å²) in [7, 11) is -5.40. The zero-order chi connectivity index (χ0) is 26.6. The summed E-state index contributed by atoms with van der Waals surface area (Å²) < 4.78 is 76.9. The molecule has 8 nitrogen and oxygen atoms in total. The minimum atomic E-state index is -5.40. The molecule has 0 unspecified atom stereocenters. The third-order valence-corrected chi connectivity index (χ3v) is 8.10. The van der Waals surface area contributed by atoms with Crippen LogP contribution in [0.1, 0.15) is 24.2 Å². The standard InChI is InChI=1S/C23H22ClF4N5O3S/c24-14-1-4-18-17(11-14)31-20(32(18)10-9-29-7-8-30-37(35,36)23(26,27)28)13-33-19-12-15(25)2-3-16(19)22(5-6-22)21(33)34/h1-4,11-12,29-30H,5-10,13H2. The van der Waals surface area contributed by atoms with Gasteiger partial charge in [-0.3, -0.25) is 4.79 Å². The summed E-state index contributed by atoms with van der Waals surface area (Å²) in [5, 5.41) is 3.37. The van der Waals surface area contributed by atoms with Gasteiger partial charge in [0.15, 0.2) is 0 Å². The van der Waals surface area contributed by atoms with Crippen LogP contribution in [0.3, 0.4) is 0 Å². The first-order valence-electron chi connectivity index (χ1n) is 11.5. The molecule has 1 aliphatic heterocycles. The Kier molecular flexibility index (Phi) is 6.45. The van der Waals surface area contributed by atoms with Crippen LogP contribution in [0.5, 0.6) is 0 Å². The fourth-order valence-electron chi connectivity index (χ4n) is 4.72. The highest BCUT2D eigenvalue weighted by Crippen LogP contribution is 2.57. The van der Waals surface area contributed by atoms with E-state index in [4.69, 9.17) is 11.6 Å². The molecule has 2 aliphatic rings. The maximum Gasteiger partial charge on any atom is 0.511 e. The second-order valence-electron chi connectivity index (χ2n) is 9.04. The summed E-state index contributed by atoms with van der Waals surface area (Å²) in [4.78, 5) is 19.5. The number of nitrogens with zero attached hydrogens (tertiary/aromatic N) is 3. The van der Waals surface area contributed by atoms with Crippen molar-refractivity contribution in [3.63, 3.8) is 0 Å². The number of imidazole rings is 1. The van der Waals surface area contributed by atoms with Gasteiger partial charge in [-0.05, 0) is 48.7 Å². The van der Waals surface area contributed by atoms with Crippen molar-refractivity contribution in [1.82, 2.24) is 19.6 Å². The summed E-state index contributed by atoms with van der Waals surface area (Å²) in [5.41, 5.74) is -3.32. The molecule has 3 aromatic rings. The Balaban J connectivity index is 1.33. The SMILES string of the molecule is O=C1N(Cc2nc3cc(Cl)ccc3n2CCNCCNS(=O)(=O)C(F)(F)F)c2cc(F)ccc2C12CC2. The molecule has 2 heterocycles. The quantitative estimate of drug-likeness (QED) is 0.309. The maximum atomic E-state index is 14.1. The molecular weight excluding hydrogens is 538 g/mol. The van der Waals surface area contributed by atoms with Crippen LogP contribution in [0.4, 0.5) is 23.2 Å². The average Bonchev–Trinajstić information content (AvgIpc) is 3.51. The molecule has 198 valence electrons. The molecule has 0 bridgehead atoms. The number of sulfonamides is 1. The van der Waals surface area contributed by atoms with E-state index in [1.54, 1.807) is 29.2 Å². The second kappa shape index (κ2) is 9.22. The predicted molar refractivity (Wildman–Crippen MR) is 129 cm³/mol. The number of halogens is 5. The number of rotatable bonds is 9. The molecule has 1 aromatic heterocycles. The summed E-state index contributed by atoms with van der Waals surface area (Å²) in [6.45, 7) is 0.208. The van der Waals surface area contributed by atoms with Gasteiger partial charge in [-0.2, -0.15) is 13.2 Å². The van der Waals surface area contributed by atoms with E-state index in [2.05, 4.69) is 10.3 Å². The Morgan fingerprint density at radius 2 is 1.84 bits per heavy atom. The summed E-state index contributed by atoms with van der Waals surface area (Å²) >= 11 is 6.13. The maximum absolute atomic E-state index is 14.1. The molecule has 37 heavy (non-hydrogen) atoms. The highest BCUT2D eigenvalue weighted by Gasteiger charge is 2.59. The number of alkyl halides is 3. The van der Waals surface area contributed by atoms with Gasteiger partial charge in [0.2, 0.25) is 5.91 Å². The molecule has 0 saturated heterocycles. The normalized spacial score (nSPS) is 16.7. The smallest absolute Gasteiger partial charge is 0.325 e. The van der Waals surface area contributed by atoms with Gasteiger partial charge >= 0.3 is 15.5 Å². The van der Waals surface area contributed by atoms with Gasteiger partial charge in [0, 0.05) is 31.2 Å². The number of carbonyl (C=O) groups excluding carboxylic acids is 1. The second-order valence-corrected chi connectivity index (χ2v) is 11.2. The van der Waals surface area contributed by atoms with E-state index < -0.39 is 33.3 Å². The molecule has 5 rings (SSSR count). The predicted octanol–water partition coefficient (Wildman–Crippen LogP) is 3.44. The lowest BCUT2D eigenvalue weighted by atomic mass is 9.98. The number of fused-ring (bicyclic) bond motifs is 3. The molecule has 1 saturated carbocycles. The summed E-state index contributed by atoms with van der Waals surface area (Å²) in [6.07, 6.45) is 1.41. The van der Waals surface area contributed by atoms with Crippen molar-refractivity contribution in [3.05, 3.63) is 58.6 Å². The Bertz CT molecular complexity index is 1490. The van der Waals surface area contributed by atoms with E-state index in [-0.39, 0.29) is 25.5 Å². The largest absolute Gasteiger partial charge is 0.511 e. The molecule has 1 aliphatic carbocycles. The zero-order valence-electron chi connectivity index (χ0n) is 19.3. The van der Waals surface area contributed by atoms with E-state index in [1.807, 2.05) is 4.57 Å². The lowest BCUT2D eigenvalue weighted by Crippen LogP contribution is -2.40. The van der Waals surface area contributed by atoms with E-state index >= 15 is 0 Å². The number of aromatic nitrogens is 2. The monoisotopic (exact) mass is 559 g/mol. The van der Waals surface area contributed by atoms with Crippen LogP contribution >= 0.6 is 11.6 Å². The Morgan fingerprint density at radius 3 is 2.54 bits per heavy atom. The van der Waals surface area contributed by atoms with Gasteiger partial charge in [0.1, 0.15) is 11.6 Å². The molecule has 1 fully saturated rings. The number of anilines is 1. The van der Waals surface area contributed by atoms with Gasteiger partial charge in [0.05, 0.1) is 28.7 Å². The van der Waals surface area contributed by atoms with Crippen LogP contribution in [-0.4, -0.2) is 49.0 Å². The highest BCUT2D eigenvalue weighted by molar-refractivity contribution is 7.90. The topological polar surface area (TPSA) is 96.3 Å².